The Hall–Kier alpha value is -2.75. The Bertz CT molecular complexity index is 799. The van der Waals surface area contributed by atoms with Crippen molar-refractivity contribution in [2.45, 2.75) is 0 Å². The quantitative estimate of drug-likeness (QED) is 0.644. The molecule has 4 heteroatoms. The van der Waals surface area contributed by atoms with E-state index >= 15 is 0 Å². The molecule has 1 N–H and O–H groups in total. The molecule has 0 saturated carbocycles. The molecule has 0 unspecified atom stereocenters. The summed E-state index contributed by atoms with van der Waals surface area (Å²) >= 11 is 0. The molecule has 3 rings (SSSR count). The van der Waals surface area contributed by atoms with Gasteiger partial charge in [0, 0.05) is 11.5 Å². The first-order valence-electron chi connectivity index (χ1n) is 6.12. The summed E-state index contributed by atoms with van der Waals surface area (Å²) in [5, 5.41) is 19.7. The van der Waals surface area contributed by atoms with E-state index in [-0.39, 0.29) is 11.6 Å². The molecule has 0 heterocycles. The number of rotatable bonds is 2. The minimum Gasteiger partial charge on any atom is -0.506 e. The summed E-state index contributed by atoms with van der Waals surface area (Å²) in [7, 11) is 0. The van der Waals surface area contributed by atoms with E-state index in [0.717, 1.165) is 10.8 Å². The highest BCUT2D eigenvalue weighted by Gasteiger charge is 2.05. The van der Waals surface area contributed by atoms with Gasteiger partial charge >= 0.3 is 0 Å². The summed E-state index contributed by atoms with van der Waals surface area (Å²) in [6.45, 7) is 0. The number of benzene rings is 3. The normalized spacial score (nSPS) is 11.2. The van der Waals surface area contributed by atoms with Crippen molar-refractivity contribution in [3.05, 3.63) is 66.5 Å². The molecule has 0 spiro atoms. The number of fused-ring (bicyclic) bond motifs is 1. The van der Waals surface area contributed by atoms with Crippen LogP contribution in [-0.2, 0) is 0 Å². The van der Waals surface area contributed by atoms with Gasteiger partial charge in [0.1, 0.15) is 17.3 Å². The highest BCUT2D eigenvalue weighted by Crippen LogP contribution is 2.35. The van der Waals surface area contributed by atoms with Crippen LogP contribution in [0.5, 0.6) is 5.75 Å². The fraction of sp³-hybridized carbons (Fsp3) is 0. The second kappa shape index (κ2) is 5.09. The van der Waals surface area contributed by atoms with Gasteiger partial charge in [-0.2, -0.15) is 5.11 Å². The van der Waals surface area contributed by atoms with E-state index in [1.54, 1.807) is 18.2 Å². The first kappa shape index (κ1) is 12.3. The van der Waals surface area contributed by atoms with Gasteiger partial charge in [-0.05, 0) is 23.6 Å². The van der Waals surface area contributed by atoms with E-state index in [1.807, 2.05) is 30.3 Å². The topological polar surface area (TPSA) is 45.0 Å². The van der Waals surface area contributed by atoms with Crippen LogP contribution >= 0.6 is 0 Å². The second-order valence-electron chi connectivity index (χ2n) is 4.33. The minimum absolute atomic E-state index is 0.0452. The highest BCUT2D eigenvalue weighted by molar-refractivity contribution is 5.95. The maximum absolute atomic E-state index is 13.1. The Labute approximate surface area is 115 Å². The molecule has 0 aliphatic rings. The average molecular weight is 266 g/mol. The Morgan fingerprint density at radius 2 is 1.70 bits per heavy atom. The average Bonchev–Trinajstić information content (AvgIpc) is 2.46. The summed E-state index contributed by atoms with van der Waals surface area (Å²) in [5.41, 5.74) is 0.782. The SMILES string of the molecule is Oc1ccc2ccccc2c1N=Nc1cccc(F)c1. The van der Waals surface area contributed by atoms with E-state index in [2.05, 4.69) is 10.2 Å². The minimum atomic E-state index is -0.372. The largest absolute Gasteiger partial charge is 0.506 e. The van der Waals surface area contributed by atoms with E-state index in [9.17, 15) is 9.50 Å². The van der Waals surface area contributed by atoms with Crippen molar-refractivity contribution in [1.82, 2.24) is 0 Å². The van der Waals surface area contributed by atoms with Crippen LogP contribution in [0, 0.1) is 5.82 Å². The Morgan fingerprint density at radius 1 is 0.850 bits per heavy atom. The van der Waals surface area contributed by atoms with E-state index in [4.69, 9.17) is 0 Å². The molecular formula is C16H11FN2O. The smallest absolute Gasteiger partial charge is 0.143 e. The number of aromatic hydroxyl groups is 1. The molecule has 0 fully saturated rings. The zero-order chi connectivity index (χ0) is 13.9. The van der Waals surface area contributed by atoms with Crippen molar-refractivity contribution in [2.24, 2.45) is 10.2 Å². The summed E-state index contributed by atoms with van der Waals surface area (Å²) in [4.78, 5) is 0. The zero-order valence-electron chi connectivity index (χ0n) is 10.5. The first-order valence-corrected chi connectivity index (χ1v) is 6.12. The number of phenols is 1. The van der Waals surface area contributed by atoms with Gasteiger partial charge in [-0.1, -0.05) is 36.4 Å². The lowest BCUT2D eigenvalue weighted by Gasteiger charge is -2.03. The molecule has 0 aromatic heterocycles. The van der Waals surface area contributed by atoms with Crippen LogP contribution in [0.3, 0.4) is 0 Å². The molecule has 3 aromatic rings. The lowest BCUT2D eigenvalue weighted by atomic mass is 10.1. The third-order valence-electron chi connectivity index (χ3n) is 2.95. The van der Waals surface area contributed by atoms with Crippen LogP contribution in [0.25, 0.3) is 10.8 Å². The van der Waals surface area contributed by atoms with Crippen LogP contribution in [-0.4, -0.2) is 5.11 Å². The maximum atomic E-state index is 13.1. The summed E-state index contributed by atoms with van der Waals surface area (Å²) in [5.74, 6) is -0.326. The maximum Gasteiger partial charge on any atom is 0.143 e. The summed E-state index contributed by atoms with van der Waals surface area (Å²) < 4.78 is 13.1. The third-order valence-corrected chi connectivity index (χ3v) is 2.95. The highest BCUT2D eigenvalue weighted by atomic mass is 19.1. The van der Waals surface area contributed by atoms with Gasteiger partial charge in [0.15, 0.2) is 0 Å². The number of hydrogen-bond acceptors (Lipinski definition) is 3. The summed E-state index contributed by atoms with van der Waals surface area (Å²) in [6, 6.07) is 16.8. The molecule has 0 aliphatic heterocycles. The molecule has 0 saturated heterocycles. The van der Waals surface area contributed by atoms with Crippen molar-refractivity contribution >= 4 is 22.1 Å². The molecule has 0 aliphatic carbocycles. The van der Waals surface area contributed by atoms with Gasteiger partial charge in [-0.15, -0.1) is 5.11 Å². The van der Waals surface area contributed by atoms with E-state index in [0.29, 0.717) is 11.4 Å². The fourth-order valence-corrected chi connectivity index (χ4v) is 1.99. The van der Waals surface area contributed by atoms with Crippen molar-refractivity contribution < 1.29 is 9.50 Å². The van der Waals surface area contributed by atoms with Crippen LogP contribution < -0.4 is 0 Å². The molecule has 0 amide bonds. The lowest BCUT2D eigenvalue weighted by Crippen LogP contribution is -1.75. The first-order chi connectivity index (χ1) is 9.74. The van der Waals surface area contributed by atoms with Crippen LogP contribution in [0.4, 0.5) is 15.8 Å². The molecule has 0 bridgehead atoms. The van der Waals surface area contributed by atoms with Gasteiger partial charge in [0.2, 0.25) is 0 Å². The Balaban J connectivity index is 2.08. The molecule has 0 atom stereocenters. The lowest BCUT2D eigenvalue weighted by molar-refractivity contribution is 0.477. The van der Waals surface area contributed by atoms with Crippen molar-refractivity contribution in [2.75, 3.05) is 0 Å². The van der Waals surface area contributed by atoms with Gasteiger partial charge < -0.3 is 5.11 Å². The van der Waals surface area contributed by atoms with Crippen molar-refractivity contribution in [1.29, 1.82) is 0 Å². The number of phenolic OH excluding ortho intramolecular Hbond substituents is 1. The zero-order valence-corrected chi connectivity index (χ0v) is 10.5. The molecule has 0 radical (unpaired) electrons. The molecule has 20 heavy (non-hydrogen) atoms. The Kier molecular flexibility index (Phi) is 3.13. The number of azo groups is 1. The predicted molar refractivity (Wildman–Crippen MR) is 76.2 cm³/mol. The van der Waals surface area contributed by atoms with Gasteiger partial charge in [0.25, 0.3) is 0 Å². The Morgan fingerprint density at radius 3 is 2.55 bits per heavy atom. The number of hydrogen-bond donors (Lipinski definition) is 1. The fourth-order valence-electron chi connectivity index (χ4n) is 1.99. The van der Waals surface area contributed by atoms with Gasteiger partial charge in [-0.25, -0.2) is 4.39 Å². The van der Waals surface area contributed by atoms with Crippen LogP contribution in [0.15, 0.2) is 70.9 Å². The second-order valence-corrected chi connectivity index (χ2v) is 4.33. The molecule has 3 nitrogen and oxygen atoms in total. The van der Waals surface area contributed by atoms with E-state index in [1.165, 1.54) is 12.1 Å². The van der Waals surface area contributed by atoms with Gasteiger partial charge in [0.05, 0.1) is 5.69 Å². The summed E-state index contributed by atoms with van der Waals surface area (Å²) in [6.07, 6.45) is 0. The van der Waals surface area contributed by atoms with Crippen molar-refractivity contribution in [3.63, 3.8) is 0 Å². The monoisotopic (exact) mass is 266 g/mol. The standard InChI is InChI=1S/C16H11FN2O/c17-12-5-3-6-13(10-12)18-19-16-14-7-2-1-4-11(14)8-9-15(16)20/h1-10,20H. The molecule has 3 aromatic carbocycles. The third kappa shape index (κ3) is 2.36. The number of nitrogens with zero attached hydrogens (tertiary/aromatic N) is 2. The molecular weight excluding hydrogens is 255 g/mol. The van der Waals surface area contributed by atoms with Crippen LogP contribution in [0.2, 0.25) is 0 Å². The number of halogens is 1. The predicted octanol–water partition coefficient (Wildman–Crippen LogP) is 5.10. The van der Waals surface area contributed by atoms with Gasteiger partial charge in [-0.3, -0.25) is 0 Å². The van der Waals surface area contributed by atoms with Crippen LogP contribution in [0.1, 0.15) is 0 Å². The molecule has 98 valence electrons. The van der Waals surface area contributed by atoms with Crippen molar-refractivity contribution in [3.8, 4) is 5.75 Å². The van der Waals surface area contributed by atoms with E-state index < -0.39 is 0 Å².